The van der Waals surface area contributed by atoms with E-state index < -0.39 is 0 Å². The molecule has 2 nitrogen and oxygen atoms in total. The minimum Gasteiger partial charge on any atom is -0.282 e. The topological polar surface area (TPSA) is 36.2 Å². The lowest BCUT2D eigenvalue weighted by Crippen LogP contribution is -2.20. The summed E-state index contributed by atoms with van der Waals surface area (Å²) in [6.45, 7) is 0. The molecular formula is C8H5ClN2. The van der Waals surface area contributed by atoms with Gasteiger partial charge in [0.1, 0.15) is 0 Å². The Kier molecular flexibility index (Phi) is 1.29. The van der Waals surface area contributed by atoms with Gasteiger partial charge in [-0.25, -0.2) is 4.99 Å². The first-order valence-corrected chi connectivity index (χ1v) is 3.59. The van der Waals surface area contributed by atoms with Crippen molar-refractivity contribution in [3.05, 3.63) is 34.8 Å². The third kappa shape index (κ3) is 0.870. The number of hydrogen-bond donors (Lipinski definition) is 1. The summed E-state index contributed by atoms with van der Waals surface area (Å²) < 4.78 is 0. The van der Waals surface area contributed by atoms with E-state index in [1.54, 1.807) is 0 Å². The van der Waals surface area contributed by atoms with Crippen LogP contribution in [0, 0.1) is 5.41 Å². The third-order valence-corrected chi connectivity index (χ3v) is 1.96. The van der Waals surface area contributed by atoms with Gasteiger partial charge in [0.15, 0.2) is 5.84 Å². The minimum absolute atomic E-state index is 0.160. The van der Waals surface area contributed by atoms with Crippen LogP contribution in [-0.4, -0.2) is 5.84 Å². The second kappa shape index (κ2) is 2.17. The van der Waals surface area contributed by atoms with Crippen LogP contribution in [0.15, 0.2) is 29.3 Å². The van der Waals surface area contributed by atoms with E-state index in [1.165, 1.54) is 0 Å². The first kappa shape index (κ1) is 6.55. The Hall–Kier alpha value is -1.15. The van der Waals surface area contributed by atoms with Gasteiger partial charge in [-0.3, -0.25) is 5.41 Å². The first-order chi connectivity index (χ1) is 5.29. The number of nitrogens with zero attached hydrogens (tertiary/aromatic N) is 1. The highest BCUT2D eigenvalue weighted by Crippen LogP contribution is 2.04. The Bertz CT molecular complexity index is 434. The van der Waals surface area contributed by atoms with E-state index >= 15 is 0 Å². The molecule has 1 aliphatic rings. The highest BCUT2D eigenvalue weighted by atomic mass is 35.5. The van der Waals surface area contributed by atoms with Gasteiger partial charge in [-0.15, -0.1) is 0 Å². The lowest BCUT2D eigenvalue weighted by Gasteiger charge is -1.83. The first-order valence-electron chi connectivity index (χ1n) is 3.21. The van der Waals surface area contributed by atoms with Gasteiger partial charge >= 0.3 is 0 Å². The Morgan fingerprint density at radius 3 is 2.73 bits per heavy atom. The van der Waals surface area contributed by atoms with Crippen molar-refractivity contribution in [1.29, 1.82) is 5.41 Å². The van der Waals surface area contributed by atoms with Gasteiger partial charge in [0.2, 0.25) is 0 Å². The average Bonchev–Trinajstić information content (AvgIpc) is 2.30. The van der Waals surface area contributed by atoms with Crippen molar-refractivity contribution in [2.24, 2.45) is 4.99 Å². The molecule has 0 fully saturated rings. The fraction of sp³-hybridized carbons (Fsp3) is 0. The van der Waals surface area contributed by atoms with Gasteiger partial charge in [-0.2, -0.15) is 0 Å². The second-order valence-electron chi connectivity index (χ2n) is 2.29. The Labute approximate surface area is 68.3 Å². The van der Waals surface area contributed by atoms with E-state index in [0.29, 0.717) is 5.03 Å². The smallest absolute Gasteiger partial charge is 0.164 e. The predicted molar refractivity (Wildman–Crippen MR) is 44.2 cm³/mol. The highest BCUT2D eigenvalue weighted by molar-refractivity contribution is 6.61. The van der Waals surface area contributed by atoms with Crippen molar-refractivity contribution in [3.8, 4) is 0 Å². The van der Waals surface area contributed by atoms with Gasteiger partial charge in [0.25, 0.3) is 0 Å². The fourth-order valence-corrected chi connectivity index (χ4v) is 1.26. The SMILES string of the molecule is N=C1N=c2ccccc2=C1Cl. The fourth-order valence-electron chi connectivity index (χ4n) is 1.05. The molecule has 0 atom stereocenters. The maximum Gasteiger partial charge on any atom is 0.164 e. The van der Waals surface area contributed by atoms with E-state index in [9.17, 15) is 0 Å². The van der Waals surface area contributed by atoms with E-state index in [4.69, 9.17) is 17.0 Å². The molecule has 0 saturated heterocycles. The summed E-state index contributed by atoms with van der Waals surface area (Å²) in [4.78, 5) is 3.95. The number of rotatable bonds is 0. The van der Waals surface area contributed by atoms with Crippen LogP contribution < -0.4 is 10.6 Å². The zero-order valence-corrected chi connectivity index (χ0v) is 6.39. The maximum atomic E-state index is 7.30. The molecule has 0 aliphatic carbocycles. The molecule has 3 heteroatoms. The Balaban J connectivity index is 3.00. The third-order valence-electron chi connectivity index (χ3n) is 1.58. The number of amidine groups is 1. The van der Waals surface area contributed by atoms with Crippen LogP contribution in [0.2, 0.25) is 0 Å². The van der Waals surface area contributed by atoms with Crippen molar-refractivity contribution in [1.82, 2.24) is 0 Å². The summed E-state index contributed by atoms with van der Waals surface area (Å²) in [5.74, 6) is 0.160. The summed E-state index contributed by atoms with van der Waals surface area (Å²) in [7, 11) is 0. The van der Waals surface area contributed by atoms with Crippen LogP contribution >= 0.6 is 11.6 Å². The number of hydrogen-bond acceptors (Lipinski definition) is 1. The van der Waals surface area contributed by atoms with Gasteiger partial charge in [-0.05, 0) is 6.07 Å². The molecule has 0 saturated carbocycles. The predicted octanol–water partition coefficient (Wildman–Crippen LogP) is 0.644. The van der Waals surface area contributed by atoms with Crippen molar-refractivity contribution >= 4 is 22.5 Å². The summed E-state index contributed by atoms with van der Waals surface area (Å²) in [5, 5.41) is 9.40. The van der Waals surface area contributed by atoms with Gasteiger partial charge in [0.05, 0.1) is 10.4 Å². The van der Waals surface area contributed by atoms with Crippen LogP contribution in [0.4, 0.5) is 0 Å². The molecule has 1 aromatic rings. The van der Waals surface area contributed by atoms with Crippen molar-refractivity contribution in [2.75, 3.05) is 0 Å². The molecule has 0 aromatic heterocycles. The molecule has 0 amide bonds. The number of para-hydroxylation sites is 1. The number of fused-ring (bicyclic) bond motifs is 1. The van der Waals surface area contributed by atoms with E-state index in [-0.39, 0.29) is 5.84 Å². The van der Waals surface area contributed by atoms with E-state index in [1.807, 2.05) is 24.3 Å². The van der Waals surface area contributed by atoms with Crippen LogP contribution in [0.25, 0.3) is 5.03 Å². The largest absolute Gasteiger partial charge is 0.282 e. The number of benzene rings is 1. The van der Waals surface area contributed by atoms with E-state index in [2.05, 4.69) is 4.99 Å². The van der Waals surface area contributed by atoms with Crippen LogP contribution in [0.5, 0.6) is 0 Å². The second-order valence-corrected chi connectivity index (χ2v) is 2.67. The average molecular weight is 165 g/mol. The van der Waals surface area contributed by atoms with Gasteiger partial charge in [-0.1, -0.05) is 29.8 Å². The summed E-state index contributed by atoms with van der Waals surface area (Å²) in [5.41, 5.74) is 0. The molecule has 11 heavy (non-hydrogen) atoms. The lowest BCUT2D eigenvalue weighted by atomic mass is 10.3. The van der Waals surface area contributed by atoms with Crippen molar-refractivity contribution in [2.45, 2.75) is 0 Å². The molecule has 1 aromatic carbocycles. The van der Waals surface area contributed by atoms with E-state index in [0.717, 1.165) is 10.6 Å². The molecule has 1 heterocycles. The zero-order chi connectivity index (χ0) is 7.84. The Morgan fingerprint density at radius 1 is 1.27 bits per heavy atom. The molecule has 0 unspecified atom stereocenters. The molecule has 0 spiro atoms. The normalized spacial score (nSPS) is 14.6. The molecule has 2 rings (SSSR count). The highest BCUT2D eigenvalue weighted by Gasteiger charge is 2.07. The summed E-state index contributed by atoms with van der Waals surface area (Å²) in [6, 6.07) is 7.47. The van der Waals surface area contributed by atoms with Crippen LogP contribution in [0.1, 0.15) is 0 Å². The monoisotopic (exact) mass is 164 g/mol. The Morgan fingerprint density at radius 2 is 2.00 bits per heavy atom. The summed E-state index contributed by atoms with van der Waals surface area (Å²) in [6.07, 6.45) is 0. The maximum absolute atomic E-state index is 7.30. The quantitative estimate of drug-likeness (QED) is 0.585. The minimum atomic E-state index is 0.160. The lowest BCUT2D eigenvalue weighted by molar-refractivity contribution is 1.37. The number of nitrogens with one attached hydrogen (secondary N) is 1. The molecular weight excluding hydrogens is 160 g/mol. The van der Waals surface area contributed by atoms with Gasteiger partial charge in [0, 0.05) is 5.22 Å². The molecule has 1 aliphatic heterocycles. The molecule has 54 valence electrons. The summed E-state index contributed by atoms with van der Waals surface area (Å²) >= 11 is 5.79. The van der Waals surface area contributed by atoms with Crippen LogP contribution in [0.3, 0.4) is 0 Å². The van der Waals surface area contributed by atoms with Crippen molar-refractivity contribution < 1.29 is 0 Å². The molecule has 0 bridgehead atoms. The zero-order valence-electron chi connectivity index (χ0n) is 5.63. The standard InChI is InChI=1S/C8H5ClN2/c9-7-5-3-1-2-4-6(5)11-8(7)10/h1-4,10H. The number of halogens is 1. The van der Waals surface area contributed by atoms with Crippen LogP contribution in [-0.2, 0) is 0 Å². The van der Waals surface area contributed by atoms with Gasteiger partial charge < -0.3 is 0 Å². The molecule has 1 N–H and O–H groups in total. The molecule has 0 radical (unpaired) electrons. The van der Waals surface area contributed by atoms with Crippen molar-refractivity contribution in [3.63, 3.8) is 0 Å².